The maximum absolute atomic E-state index is 12.2. The summed E-state index contributed by atoms with van der Waals surface area (Å²) < 4.78 is 5.04. The minimum Gasteiger partial charge on any atom is -0.478 e. The van der Waals surface area contributed by atoms with Crippen LogP contribution >= 0.6 is 0 Å². The van der Waals surface area contributed by atoms with Crippen molar-refractivity contribution in [1.82, 2.24) is 0 Å². The number of carbonyl (C=O) groups is 2. The van der Waals surface area contributed by atoms with Crippen LogP contribution in [0.2, 0.25) is 0 Å². The van der Waals surface area contributed by atoms with Crippen LogP contribution in [0.4, 0.5) is 0 Å². The van der Waals surface area contributed by atoms with Crippen LogP contribution in [0, 0.1) is 5.92 Å². The molecule has 0 amide bonds. The molecule has 0 fully saturated rings. The van der Waals surface area contributed by atoms with Crippen LogP contribution in [0.15, 0.2) is 12.1 Å². The van der Waals surface area contributed by atoms with E-state index in [4.69, 9.17) is 4.74 Å². The summed E-state index contributed by atoms with van der Waals surface area (Å²) in [5, 5.41) is 9.76. The molecular weight excluding hydrogens is 304 g/mol. The van der Waals surface area contributed by atoms with Gasteiger partial charge in [0.25, 0.3) is 0 Å². The number of carbonyl (C=O) groups excluding carboxylic acids is 1. The zero-order valence-electron chi connectivity index (χ0n) is 15.7. The molecule has 0 radical (unpaired) electrons. The smallest absolute Gasteiger partial charge is 0.339 e. The number of ether oxygens (including phenoxy) is 1. The van der Waals surface area contributed by atoms with Gasteiger partial charge in [-0.1, -0.05) is 47.1 Å². The van der Waals surface area contributed by atoms with Gasteiger partial charge in [0.2, 0.25) is 0 Å². The molecule has 0 atom stereocenters. The highest BCUT2D eigenvalue weighted by molar-refractivity contribution is 6.04. The zero-order chi connectivity index (χ0) is 18.5. The van der Waals surface area contributed by atoms with Crippen molar-refractivity contribution in [3.8, 4) is 0 Å². The van der Waals surface area contributed by atoms with E-state index in [9.17, 15) is 14.7 Å². The number of aryl methyl sites for hydroxylation is 1. The molecular formula is C20H30O4. The summed E-state index contributed by atoms with van der Waals surface area (Å²) >= 11 is 0. The van der Waals surface area contributed by atoms with Gasteiger partial charge in [-0.2, -0.15) is 0 Å². The quantitative estimate of drug-likeness (QED) is 0.725. The number of esters is 1. The molecule has 4 heteroatoms. The molecule has 0 saturated carbocycles. The summed E-state index contributed by atoms with van der Waals surface area (Å²) in [6.07, 6.45) is 2.90. The Morgan fingerprint density at radius 3 is 2.29 bits per heavy atom. The van der Waals surface area contributed by atoms with E-state index in [-0.39, 0.29) is 23.1 Å². The van der Waals surface area contributed by atoms with E-state index < -0.39 is 11.9 Å². The van der Waals surface area contributed by atoms with Crippen LogP contribution < -0.4 is 0 Å². The van der Waals surface area contributed by atoms with E-state index >= 15 is 0 Å². The van der Waals surface area contributed by atoms with Crippen LogP contribution in [0.3, 0.4) is 0 Å². The fourth-order valence-electron chi connectivity index (χ4n) is 3.01. The molecule has 1 N–H and O–H groups in total. The Labute approximate surface area is 145 Å². The Bertz CT molecular complexity index is 594. The number of carboxylic acids is 1. The Morgan fingerprint density at radius 2 is 1.83 bits per heavy atom. The van der Waals surface area contributed by atoms with Crippen molar-refractivity contribution in [2.45, 2.75) is 66.2 Å². The highest BCUT2D eigenvalue weighted by Crippen LogP contribution is 2.33. The van der Waals surface area contributed by atoms with Crippen LogP contribution in [-0.2, 0) is 16.6 Å². The Morgan fingerprint density at radius 1 is 1.21 bits per heavy atom. The molecule has 1 aromatic carbocycles. The summed E-state index contributed by atoms with van der Waals surface area (Å²) in [5.74, 6) is -1.04. The highest BCUT2D eigenvalue weighted by atomic mass is 16.5. The third-order valence-electron chi connectivity index (χ3n) is 3.98. The van der Waals surface area contributed by atoms with Gasteiger partial charge in [-0.3, -0.25) is 0 Å². The topological polar surface area (TPSA) is 63.6 Å². The predicted octanol–water partition coefficient (Wildman–Crippen LogP) is 4.84. The van der Waals surface area contributed by atoms with E-state index in [2.05, 4.69) is 13.8 Å². The van der Waals surface area contributed by atoms with E-state index in [0.717, 1.165) is 30.4 Å². The number of carboxylic acid groups (broad SMARTS) is 1. The van der Waals surface area contributed by atoms with Gasteiger partial charge in [-0.15, -0.1) is 0 Å². The number of rotatable bonds is 7. The van der Waals surface area contributed by atoms with Gasteiger partial charge in [0.15, 0.2) is 0 Å². The first kappa shape index (κ1) is 20.2. The van der Waals surface area contributed by atoms with Crippen molar-refractivity contribution >= 4 is 11.9 Å². The summed E-state index contributed by atoms with van der Waals surface area (Å²) in [6, 6.07) is 3.49. The van der Waals surface area contributed by atoms with Crippen molar-refractivity contribution in [3.63, 3.8) is 0 Å². The predicted molar refractivity (Wildman–Crippen MR) is 95.8 cm³/mol. The molecule has 0 spiro atoms. The first-order valence-electron chi connectivity index (χ1n) is 8.66. The zero-order valence-corrected chi connectivity index (χ0v) is 15.7. The molecule has 0 unspecified atom stereocenters. The van der Waals surface area contributed by atoms with Gasteiger partial charge in [-0.25, -0.2) is 9.59 Å². The SMILES string of the molecule is CCOC(=O)c1ccc(CCCC(C)C)c(C(C)(C)C)c1C(=O)O. The Kier molecular flexibility index (Phi) is 7.00. The Hall–Kier alpha value is -1.84. The van der Waals surface area contributed by atoms with E-state index in [1.807, 2.05) is 26.8 Å². The highest BCUT2D eigenvalue weighted by Gasteiger charge is 2.30. The third-order valence-corrected chi connectivity index (χ3v) is 3.98. The molecule has 1 aromatic rings. The normalized spacial score (nSPS) is 11.6. The maximum atomic E-state index is 12.2. The molecule has 0 aliphatic rings. The largest absolute Gasteiger partial charge is 0.478 e. The van der Waals surface area contributed by atoms with Crippen molar-refractivity contribution in [3.05, 3.63) is 34.4 Å². The van der Waals surface area contributed by atoms with Crippen molar-refractivity contribution < 1.29 is 19.4 Å². The van der Waals surface area contributed by atoms with Gasteiger partial charge < -0.3 is 9.84 Å². The molecule has 0 aliphatic heterocycles. The third kappa shape index (κ3) is 5.08. The first-order valence-corrected chi connectivity index (χ1v) is 8.66. The summed E-state index contributed by atoms with van der Waals surface area (Å²) in [4.78, 5) is 24.1. The number of benzene rings is 1. The van der Waals surface area contributed by atoms with Gasteiger partial charge in [0.1, 0.15) is 0 Å². The van der Waals surface area contributed by atoms with Crippen LogP contribution in [0.5, 0.6) is 0 Å². The standard InChI is InChI=1S/C20H30O4/c1-7-24-19(23)15-12-11-14(10-8-9-13(2)3)17(20(4,5)6)16(15)18(21)22/h11-13H,7-10H2,1-6H3,(H,21,22). The molecule has 0 bridgehead atoms. The fraction of sp³-hybridized carbons (Fsp3) is 0.600. The lowest BCUT2D eigenvalue weighted by Gasteiger charge is -2.26. The molecule has 134 valence electrons. The average molecular weight is 334 g/mol. The second kappa shape index (κ2) is 8.32. The molecule has 0 heterocycles. The number of hydrogen-bond acceptors (Lipinski definition) is 3. The van der Waals surface area contributed by atoms with E-state index in [1.54, 1.807) is 13.0 Å². The van der Waals surface area contributed by atoms with Crippen LogP contribution in [0.25, 0.3) is 0 Å². The summed E-state index contributed by atoms with van der Waals surface area (Å²) in [6.45, 7) is 12.2. The fourth-order valence-corrected chi connectivity index (χ4v) is 3.01. The lowest BCUT2D eigenvalue weighted by atomic mass is 9.77. The van der Waals surface area contributed by atoms with E-state index in [0.29, 0.717) is 5.92 Å². The monoisotopic (exact) mass is 334 g/mol. The lowest BCUT2D eigenvalue weighted by molar-refractivity contribution is 0.0514. The second-order valence-corrected chi connectivity index (χ2v) is 7.58. The summed E-state index contributed by atoms with van der Waals surface area (Å²) in [7, 11) is 0. The molecule has 0 aromatic heterocycles. The first-order chi connectivity index (χ1) is 11.1. The Balaban J connectivity index is 3.44. The average Bonchev–Trinajstić information content (AvgIpc) is 2.45. The van der Waals surface area contributed by atoms with Crippen LogP contribution in [0.1, 0.15) is 86.2 Å². The van der Waals surface area contributed by atoms with Crippen molar-refractivity contribution in [2.75, 3.05) is 6.61 Å². The van der Waals surface area contributed by atoms with Crippen molar-refractivity contribution in [1.29, 1.82) is 0 Å². The van der Waals surface area contributed by atoms with Gasteiger partial charge in [-0.05, 0) is 48.3 Å². The van der Waals surface area contributed by atoms with E-state index in [1.165, 1.54) is 0 Å². The molecule has 0 aliphatic carbocycles. The molecule has 24 heavy (non-hydrogen) atoms. The second-order valence-electron chi connectivity index (χ2n) is 7.58. The molecule has 4 nitrogen and oxygen atoms in total. The minimum absolute atomic E-state index is 0.0861. The number of hydrogen-bond donors (Lipinski definition) is 1. The van der Waals surface area contributed by atoms with Gasteiger partial charge >= 0.3 is 11.9 Å². The lowest BCUT2D eigenvalue weighted by Crippen LogP contribution is -2.23. The van der Waals surface area contributed by atoms with Gasteiger partial charge in [0, 0.05) is 0 Å². The molecule has 0 saturated heterocycles. The van der Waals surface area contributed by atoms with Crippen LogP contribution in [-0.4, -0.2) is 23.7 Å². The minimum atomic E-state index is -1.08. The maximum Gasteiger partial charge on any atom is 0.339 e. The van der Waals surface area contributed by atoms with Crippen molar-refractivity contribution in [2.24, 2.45) is 5.92 Å². The number of aromatic carboxylic acids is 1. The molecule has 1 rings (SSSR count). The summed E-state index contributed by atoms with van der Waals surface area (Å²) in [5.41, 5.74) is 1.60. The van der Waals surface area contributed by atoms with Gasteiger partial charge in [0.05, 0.1) is 17.7 Å².